The summed E-state index contributed by atoms with van der Waals surface area (Å²) in [5.41, 5.74) is 2.82. The molecule has 0 aromatic heterocycles. The van der Waals surface area contributed by atoms with Crippen molar-refractivity contribution in [1.82, 2.24) is 0 Å². The van der Waals surface area contributed by atoms with Crippen LogP contribution in [0, 0.1) is 0 Å². The molecule has 0 radical (unpaired) electrons. The maximum Gasteiger partial charge on any atom is 0.218 e. The fourth-order valence-electron chi connectivity index (χ4n) is 3.99. The van der Waals surface area contributed by atoms with Crippen molar-refractivity contribution < 1.29 is 4.74 Å². The van der Waals surface area contributed by atoms with E-state index >= 15 is 0 Å². The van der Waals surface area contributed by atoms with Crippen molar-refractivity contribution in [3.63, 3.8) is 0 Å². The SMILES string of the molecule is COc1ccccc1B(c1ccccc1SC)C1CCCCC1. The van der Waals surface area contributed by atoms with Crippen molar-refractivity contribution in [2.24, 2.45) is 0 Å². The van der Waals surface area contributed by atoms with Crippen LogP contribution in [-0.2, 0) is 0 Å². The molecule has 0 aliphatic heterocycles. The normalized spacial score (nSPS) is 15.4. The second-order valence-electron chi connectivity index (χ2n) is 6.36. The molecule has 23 heavy (non-hydrogen) atoms. The molecular weight excluding hydrogens is 299 g/mol. The van der Waals surface area contributed by atoms with E-state index in [-0.39, 0.29) is 0 Å². The van der Waals surface area contributed by atoms with Gasteiger partial charge in [0.05, 0.1) is 7.11 Å². The van der Waals surface area contributed by atoms with Crippen LogP contribution in [0.4, 0.5) is 0 Å². The minimum atomic E-state index is 0.440. The fraction of sp³-hybridized carbons (Fsp3) is 0.400. The molecule has 0 spiro atoms. The Kier molecular flexibility index (Phi) is 5.72. The van der Waals surface area contributed by atoms with Crippen LogP contribution in [0.2, 0.25) is 5.82 Å². The molecule has 3 rings (SSSR count). The van der Waals surface area contributed by atoms with Crippen molar-refractivity contribution in [2.45, 2.75) is 42.8 Å². The molecule has 1 aliphatic carbocycles. The second-order valence-corrected chi connectivity index (χ2v) is 7.21. The van der Waals surface area contributed by atoms with Crippen molar-refractivity contribution in [2.75, 3.05) is 13.4 Å². The summed E-state index contributed by atoms with van der Waals surface area (Å²) in [6.07, 6.45) is 8.94. The fourth-order valence-corrected chi connectivity index (χ4v) is 4.63. The average molecular weight is 324 g/mol. The molecule has 1 aliphatic rings. The van der Waals surface area contributed by atoms with E-state index < -0.39 is 0 Å². The molecule has 0 heterocycles. The molecule has 1 nitrogen and oxygen atoms in total. The molecule has 1 saturated carbocycles. The lowest BCUT2D eigenvalue weighted by molar-refractivity contribution is 0.417. The molecule has 0 atom stereocenters. The highest BCUT2D eigenvalue weighted by atomic mass is 32.2. The summed E-state index contributed by atoms with van der Waals surface area (Å²) < 4.78 is 5.71. The van der Waals surface area contributed by atoms with E-state index in [9.17, 15) is 0 Å². The Labute approximate surface area is 144 Å². The Morgan fingerprint density at radius 1 is 0.913 bits per heavy atom. The Balaban J connectivity index is 2.10. The van der Waals surface area contributed by atoms with Gasteiger partial charge in [-0.25, -0.2) is 0 Å². The summed E-state index contributed by atoms with van der Waals surface area (Å²) in [6.45, 7) is 0.440. The molecule has 2 aromatic carbocycles. The highest BCUT2D eigenvalue weighted by Gasteiger charge is 2.33. The maximum atomic E-state index is 5.71. The van der Waals surface area contributed by atoms with E-state index in [1.54, 1.807) is 7.11 Å². The predicted octanol–water partition coefficient (Wildman–Crippen LogP) is 4.36. The lowest BCUT2D eigenvalue weighted by atomic mass is 9.31. The van der Waals surface area contributed by atoms with Crippen LogP contribution in [0.25, 0.3) is 0 Å². The zero-order valence-electron chi connectivity index (χ0n) is 14.1. The molecule has 120 valence electrons. The highest BCUT2D eigenvalue weighted by molar-refractivity contribution is 7.98. The van der Waals surface area contributed by atoms with Gasteiger partial charge in [-0.2, -0.15) is 0 Å². The van der Waals surface area contributed by atoms with Crippen LogP contribution in [0.3, 0.4) is 0 Å². The maximum absolute atomic E-state index is 5.71. The van der Waals surface area contributed by atoms with Crippen LogP contribution in [-0.4, -0.2) is 20.1 Å². The van der Waals surface area contributed by atoms with E-state index in [0.717, 1.165) is 5.75 Å². The van der Waals surface area contributed by atoms with Crippen LogP contribution in [0.1, 0.15) is 32.1 Å². The zero-order chi connectivity index (χ0) is 16.1. The zero-order valence-corrected chi connectivity index (χ0v) is 14.9. The summed E-state index contributed by atoms with van der Waals surface area (Å²) >= 11 is 1.86. The van der Waals surface area contributed by atoms with E-state index in [1.807, 2.05) is 11.8 Å². The molecule has 0 bridgehead atoms. The molecule has 3 heteroatoms. The second kappa shape index (κ2) is 7.96. The lowest BCUT2D eigenvalue weighted by Crippen LogP contribution is -2.48. The minimum absolute atomic E-state index is 0.440. The van der Waals surface area contributed by atoms with Crippen LogP contribution >= 0.6 is 11.8 Å². The predicted molar refractivity (Wildman–Crippen MR) is 103 cm³/mol. The minimum Gasteiger partial charge on any atom is -0.497 e. The summed E-state index contributed by atoms with van der Waals surface area (Å²) in [5, 5.41) is 0. The Hall–Kier alpha value is -1.35. The number of thioether (sulfide) groups is 1. The first-order valence-electron chi connectivity index (χ1n) is 8.61. The third kappa shape index (κ3) is 3.60. The molecular formula is C20H25BOS. The number of methoxy groups -OCH3 is 1. The summed E-state index contributed by atoms with van der Waals surface area (Å²) in [7, 11) is 1.79. The number of para-hydroxylation sites is 1. The van der Waals surface area contributed by atoms with Crippen molar-refractivity contribution in [1.29, 1.82) is 0 Å². The van der Waals surface area contributed by atoms with Gasteiger partial charge < -0.3 is 4.74 Å². The lowest BCUT2D eigenvalue weighted by Gasteiger charge is -2.30. The van der Waals surface area contributed by atoms with E-state index in [0.29, 0.717) is 12.5 Å². The Morgan fingerprint density at radius 3 is 2.26 bits per heavy atom. The summed E-state index contributed by atoms with van der Waals surface area (Å²) in [4.78, 5) is 1.40. The number of hydrogen-bond acceptors (Lipinski definition) is 2. The quantitative estimate of drug-likeness (QED) is 0.597. The standard InChI is InChI=1S/C20H25BOS/c1-22-19-14-8-6-12-17(19)21(16-10-4-3-5-11-16)18-13-7-9-15-20(18)23-2/h6-9,12-16H,3-5,10-11H2,1-2H3. The van der Waals surface area contributed by atoms with Gasteiger partial charge in [0.15, 0.2) is 0 Å². The molecule has 2 aromatic rings. The smallest absolute Gasteiger partial charge is 0.218 e. The first kappa shape index (κ1) is 16.5. The molecule has 1 fully saturated rings. The van der Waals surface area contributed by atoms with E-state index in [1.165, 1.54) is 47.9 Å². The highest BCUT2D eigenvalue weighted by Crippen LogP contribution is 2.33. The Morgan fingerprint density at radius 2 is 1.57 bits per heavy atom. The van der Waals surface area contributed by atoms with Gasteiger partial charge in [0.2, 0.25) is 6.71 Å². The average Bonchev–Trinajstić information content (AvgIpc) is 2.64. The van der Waals surface area contributed by atoms with Gasteiger partial charge in [0.25, 0.3) is 0 Å². The summed E-state index contributed by atoms with van der Waals surface area (Å²) in [6, 6.07) is 17.5. The van der Waals surface area contributed by atoms with Gasteiger partial charge in [-0.3, -0.25) is 0 Å². The number of benzene rings is 2. The molecule has 0 unspecified atom stereocenters. The number of hydrogen-bond donors (Lipinski definition) is 0. The van der Waals surface area contributed by atoms with Crippen molar-refractivity contribution >= 4 is 29.4 Å². The van der Waals surface area contributed by atoms with Gasteiger partial charge in [-0.15, -0.1) is 11.8 Å². The molecule has 0 N–H and O–H groups in total. The first-order valence-corrected chi connectivity index (χ1v) is 9.83. The number of ether oxygens (including phenoxy) is 1. The van der Waals surface area contributed by atoms with E-state index in [2.05, 4.69) is 54.8 Å². The monoisotopic (exact) mass is 324 g/mol. The first-order chi connectivity index (χ1) is 11.3. The number of rotatable bonds is 5. The Bertz CT molecular complexity index is 590. The van der Waals surface area contributed by atoms with Crippen molar-refractivity contribution in [3.8, 4) is 5.75 Å². The molecule has 0 saturated heterocycles. The van der Waals surface area contributed by atoms with Gasteiger partial charge in [0.1, 0.15) is 5.75 Å². The van der Waals surface area contributed by atoms with Gasteiger partial charge in [0, 0.05) is 4.90 Å². The van der Waals surface area contributed by atoms with Crippen LogP contribution in [0.5, 0.6) is 5.75 Å². The van der Waals surface area contributed by atoms with Gasteiger partial charge >= 0.3 is 0 Å². The van der Waals surface area contributed by atoms with Gasteiger partial charge in [-0.1, -0.05) is 79.8 Å². The topological polar surface area (TPSA) is 9.23 Å². The van der Waals surface area contributed by atoms with Gasteiger partial charge in [-0.05, 0) is 23.9 Å². The van der Waals surface area contributed by atoms with Crippen molar-refractivity contribution in [3.05, 3.63) is 48.5 Å². The van der Waals surface area contributed by atoms with Crippen LogP contribution < -0.4 is 15.7 Å². The molecule has 0 amide bonds. The van der Waals surface area contributed by atoms with E-state index in [4.69, 9.17) is 4.74 Å². The summed E-state index contributed by atoms with van der Waals surface area (Å²) in [5.74, 6) is 1.74. The largest absolute Gasteiger partial charge is 0.497 e. The van der Waals surface area contributed by atoms with Crippen LogP contribution in [0.15, 0.2) is 53.4 Å². The third-order valence-corrected chi connectivity index (χ3v) is 5.88. The third-order valence-electron chi connectivity index (χ3n) is 5.07.